The van der Waals surface area contributed by atoms with Crippen molar-refractivity contribution in [3.8, 4) is 0 Å². The first-order valence-corrected chi connectivity index (χ1v) is 4.90. The van der Waals surface area contributed by atoms with Crippen LogP contribution in [-0.2, 0) is 12.8 Å². The van der Waals surface area contributed by atoms with Crippen LogP contribution in [0.4, 0.5) is 4.39 Å². The van der Waals surface area contributed by atoms with Gasteiger partial charge in [-0.15, -0.1) is 0 Å². The third-order valence-electron chi connectivity index (χ3n) is 2.24. The van der Waals surface area contributed by atoms with Gasteiger partial charge in [-0.2, -0.15) is 0 Å². The van der Waals surface area contributed by atoms with Gasteiger partial charge in [0, 0.05) is 6.42 Å². The predicted molar refractivity (Wildman–Crippen MR) is 55.0 cm³/mol. The van der Waals surface area contributed by atoms with Crippen molar-refractivity contribution in [2.75, 3.05) is 0 Å². The Kier molecular flexibility index (Phi) is 2.81. The zero-order valence-corrected chi connectivity index (χ0v) is 8.53. The zero-order chi connectivity index (χ0) is 10.7. The summed E-state index contributed by atoms with van der Waals surface area (Å²) >= 11 is 0. The molecule has 2 aromatic rings. The summed E-state index contributed by atoms with van der Waals surface area (Å²) < 4.78 is 18.6. The van der Waals surface area contributed by atoms with E-state index in [1.54, 1.807) is 18.3 Å². The van der Waals surface area contributed by atoms with E-state index in [0.29, 0.717) is 24.3 Å². The lowest BCUT2D eigenvalue weighted by molar-refractivity contribution is 0.468. The number of nitrogens with zero attached hydrogens (tertiary/aromatic N) is 1. The van der Waals surface area contributed by atoms with Crippen molar-refractivity contribution in [3.05, 3.63) is 53.5 Å². The molecular formula is C12H12FNO. The van der Waals surface area contributed by atoms with Crippen molar-refractivity contribution < 1.29 is 8.81 Å². The van der Waals surface area contributed by atoms with Crippen LogP contribution in [0, 0.1) is 12.7 Å². The Morgan fingerprint density at radius 2 is 2.07 bits per heavy atom. The van der Waals surface area contributed by atoms with Crippen LogP contribution in [0.2, 0.25) is 0 Å². The summed E-state index contributed by atoms with van der Waals surface area (Å²) in [6, 6.07) is 6.77. The molecule has 0 fully saturated rings. The highest BCUT2D eigenvalue weighted by molar-refractivity contribution is 5.17. The van der Waals surface area contributed by atoms with Gasteiger partial charge in [0.15, 0.2) is 5.89 Å². The number of hydrogen-bond donors (Lipinski definition) is 0. The van der Waals surface area contributed by atoms with E-state index in [9.17, 15) is 4.39 Å². The maximum Gasteiger partial charge on any atom is 0.194 e. The van der Waals surface area contributed by atoms with Gasteiger partial charge in [-0.25, -0.2) is 9.37 Å². The number of rotatable bonds is 3. The molecule has 0 saturated carbocycles. The van der Waals surface area contributed by atoms with Gasteiger partial charge in [0.1, 0.15) is 11.6 Å². The largest absolute Gasteiger partial charge is 0.446 e. The molecule has 0 aliphatic carbocycles. The number of halogens is 1. The van der Waals surface area contributed by atoms with E-state index in [-0.39, 0.29) is 5.82 Å². The van der Waals surface area contributed by atoms with Gasteiger partial charge < -0.3 is 4.42 Å². The first-order valence-electron chi connectivity index (χ1n) is 4.90. The van der Waals surface area contributed by atoms with Gasteiger partial charge in [-0.05, 0) is 25.0 Å². The van der Waals surface area contributed by atoms with Gasteiger partial charge in [0.2, 0.25) is 0 Å². The summed E-state index contributed by atoms with van der Waals surface area (Å²) in [5, 5.41) is 0. The molecule has 0 N–H and O–H groups in total. The van der Waals surface area contributed by atoms with Crippen LogP contribution in [0.1, 0.15) is 17.2 Å². The summed E-state index contributed by atoms with van der Waals surface area (Å²) in [5.74, 6) is 1.29. The van der Waals surface area contributed by atoms with E-state index >= 15 is 0 Å². The molecule has 0 spiro atoms. The lowest BCUT2D eigenvalue weighted by atomic mass is 10.1. The SMILES string of the molecule is Cc1cnc(CCc2ccccc2F)o1. The fraction of sp³-hybridized carbons (Fsp3) is 0.250. The van der Waals surface area contributed by atoms with Crippen LogP contribution in [0.3, 0.4) is 0 Å². The Morgan fingerprint density at radius 1 is 1.27 bits per heavy atom. The van der Waals surface area contributed by atoms with Gasteiger partial charge in [-0.3, -0.25) is 0 Å². The third kappa shape index (κ3) is 2.43. The molecule has 0 bridgehead atoms. The average Bonchev–Trinajstić information content (AvgIpc) is 2.63. The molecule has 1 aromatic heterocycles. The number of aryl methyl sites for hydroxylation is 3. The standard InChI is InChI=1S/C12H12FNO/c1-9-8-14-12(15-9)7-6-10-4-2-3-5-11(10)13/h2-5,8H,6-7H2,1H3. The minimum absolute atomic E-state index is 0.166. The Bertz CT molecular complexity index is 450. The second-order valence-electron chi connectivity index (χ2n) is 3.46. The molecule has 0 radical (unpaired) electrons. The van der Waals surface area contributed by atoms with Gasteiger partial charge in [-0.1, -0.05) is 18.2 Å². The van der Waals surface area contributed by atoms with Crippen molar-refractivity contribution in [1.29, 1.82) is 0 Å². The minimum atomic E-state index is -0.166. The second kappa shape index (κ2) is 4.26. The zero-order valence-electron chi connectivity index (χ0n) is 8.53. The molecule has 0 unspecified atom stereocenters. The van der Waals surface area contributed by atoms with Crippen molar-refractivity contribution in [2.24, 2.45) is 0 Å². The smallest absolute Gasteiger partial charge is 0.194 e. The first-order chi connectivity index (χ1) is 7.25. The summed E-state index contributed by atoms with van der Waals surface area (Å²) in [6.45, 7) is 1.85. The minimum Gasteiger partial charge on any atom is -0.446 e. The highest BCUT2D eigenvalue weighted by atomic mass is 19.1. The molecule has 0 saturated heterocycles. The van der Waals surface area contributed by atoms with Crippen LogP contribution in [0.25, 0.3) is 0 Å². The van der Waals surface area contributed by atoms with Crippen LogP contribution in [0.15, 0.2) is 34.9 Å². The first kappa shape index (κ1) is 9.90. The summed E-state index contributed by atoms with van der Waals surface area (Å²) in [7, 11) is 0. The maximum absolute atomic E-state index is 13.2. The van der Waals surface area contributed by atoms with Gasteiger partial charge >= 0.3 is 0 Å². The highest BCUT2D eigenvalue weighted by Crippen LogP contribution is 2.11. The topological polar surface area (TPSA) is 26.0 Å². The summed E-state index contributed by atoms with van der Waals surface area (Å²) in [4.78, 5) is 4.07. The van der Waals surface area contributed by atoms with Crippen LogP contribution >= 0.6 is 0 Å². The Morgan fingerprint density at radius 3 is 2.73 bits per heavy atom. The summed E-state index contributed by atoms with van der Waals surface area (Å²) in [6.07, 6.45) is 2.93. The molecule has 78 valence electrons. The van der Waals surface area contributed by atoms with Crippen LogP contribution in [0.5, 0.6) is 0 Å². The maximum atomic E-state index is 13.2. The quantitative estimate of drug-likeness (QED) is 0.770. The monoisotopic (exact) mass is 205 g/mol. The van der Waals surface area contributed by atoms with Crippen molar-refractivity contribution in [1.82, 2.24) is 4.98 Å². The molecule has 0 aliphatic heterocycles. The number of aromatic nitrogens is 1. The van der Waals surface area contributed by atoms with E-state index in [4.69, 9.17) is 4.42 Å². The molecule has 15 heavy (non-hydrogen) atoms. The Labute approximate surface area is 87.8 Å². The molecule has 0 aliphatic rings. The van der Waals surface area contributed by atoms with E-state index in [0.717, 1.165) is 5.76 Å². The number of hydrogen-bond acceptors (Lipinski definition) is 2. The highest BCUT2D eigenvalue weighted by Gasteiger charge is 2.04. The Hall–Kier alpha value is -1.64. The molecule has 2 rings (SSSR count). The summed E-state index contributed by atoms with van der Waals surface area (Å²) in [5.41, 5.74) is 0.702. The van der Waals surface area contributed by atoms with E-state index in [2.05, 4.69) is 4.98 Å². The van der Waals surface area contributed by atoms with Crippen molar-refractivity contribution in [3.63, 3.8) is 0 Å². The lowest BCUT2D eigenvalue weighted by Crippen LogP contribution is -1.94. The van der Waals surface area contributed by atoms with Gasteiger partial charge in [0.05, 0.1) is 6.20 Å². The lowest BCUT2D eigenvalue weighted by Gasteiger charge is -1.99. The second-order valence-corrected chi connectivity index (χ2v) is 3.46. The molecule has 1 heterocycles. The van der Waals surface area contributed by atoms with E-state index < -0.39 is 0 Å². The van der Waals surface area contributed by atoms with Crippen LogP contribution in [-0.4, -0.2) is 4.98 Å². The van der Waals surface area contributed by atoms with E-state index in [1.165, 1.54) is 6.07 Å². The number of benzene rings is 1. The molecular weight excluding hydrogens is 193 g/mol. The molecule has 0 atom stereocenters. The molecule has 2 nitrogen and oxygen atoms in total. The average molecular weight is 205 g/mol. The Balaban J connectivity index is 2.02. The fourth-order valence-electron chi connectivity index (χ4n) is 1.46. The fourth-order valence-corrected chi connectivity index (χ4v) is 1.46. The number of oxazole rings is 1. The molecule has 0 amide bonds. The van der Waals surface area contributed by atoms with Crippen molar-refractivity contribution in [2.45, 2.75) is 19.8 Å². The van der Waals surface area contributed by atoms with Gasteiger partial charge in [0.25, 0.3) is 0 Å². The molecule has 1 aromatic carbocycles. The van der Waals surface area contributed by atoms with E-state index in [1.807, 2.05) is 13.0 Å². The van der Waals surface area contributed by atoms with Crippen molar-refractivity contribution >= 4 is 0 Å². The predicted octanol–water partition coefficient (Wildman–Crippen LogP) is 2.91. The third-order valence-corrected chi connectivity index (χ3v) is 2.24. The molecule has 3 heteroatoms. The normalized spacial score (nSPS) is 10.5. The van der Waals surface area contributed by atoms with Crippen LogP contribution < -0.4 is 0 Å².